The highest BCUT2D eigenvalue weighted by Gasteiger charge is 2.09. The molecule has 0 aliphatic heterocycles. The van der Waals surface area contributed by atoms with Crippen LogP contribution in [0.3, 0.4) is 0 Å². The monoisotopic (exact) mass is 514 g/mol. The summed E-state index contributed by atoms with van der Waals surface area (Å²) in [6.45, 7) is 2.97. The quantitative estimate of drug-likeness (QED) is 0.0735. The molecule has 0 atom stereocenters. The minimum atomic E-state index is -0.401. The van der Waals surface area contributed by atoms with Gasteiger partial charge in [0, 0.05) is 6.20 Å². The van der Waals surface area contributed by atoms with Gasteiger partial charge >= 0.3 is 5.97 Å². The first-order valence-corrected chi connectivity index (χ1v) is 14.2. The van der Waals surface area contributed by atoms with E-state index in [1.54, 1.807) is 48.8 Å². The molecule has 0 fully saturated rings. The van der Waals surface area contributed by atoms with Crippen molar-refractivity contribution in [1.29, 1.82) is 0 Å². The van der Waals surface area contributed by atoms with Crippen molar-refractivity contribution in [3.8, 4) is 11.5 Å². The van der Waals surface area contributed by atoms with Gasteiger partial charge in [0.2, 0.25) is 0 Å². The number of pyridine rings is 1. The highest BCUT2D eigenvalue weighted by molar-refractivity contribution is 5.91. The van der Waals surface area contributed by atoms with Gasteiger partial charge in [-0.05, 0) is 67.1 Å². The Morgan fingerprint density at radius 2 is 1.34 bits per heavy atom. The number of hydrogen-bond acceptors (Lipinski definition) is 5. The topological polar surface area (TPSA) is 60.8 Å². The number of rotatable bonds is 18. The molecule has 0 saturated carbocycles. The zero-order chi connectivity index (χ0) is 26.7. The second-order valence-corrected chi connectivity index (χ2v) is 9.66. The fourth-order valence-corrected chi connectivity index (χ4v) is 4.18. The second-order valence-electron chi connectivity index (χ2n) is 9.66. The van der Waals surface area contributed by atoms with E-state index in [1.165, 1.54) is 70.6 Å². The van der Waals surface area contributed by atoms with Gasteiger partial charge in [0.15, 0.2) is 0 Å². The summed E-state index contributed by atoms with van der Waals surface area (Å²) in [7, 11) is 0. The van der Waals surface area contributed by atoms with E-state index in [-0.39, 0.29) is 0 Å². The van der Waals surface area contributed by atoms with Crippen LogP contribution in [0.1, 0.15) is 100 Å². The van der Waals surface area contributed by atoms with Crippen molar-refractivity contribution in [2.45, 2.75) is 84.0 Å². The molecule has 0 amide bonds. The van der Waals surface area contributed by atoms with E-state index >= 15 is 0 Å². The predicted molar refractivity (Wildman–Crippen MR) is 156 cm³/mol. The summed E-state index contributed by atoms with van der Waals surface area (Å²) in [6, 6.07) is 19.9. The first-order valence-electron chi connectivity index (χ1n) is 14.2. The number of nitrogens with zero attached hydrogens (tertiary/aromatic N) is 2. The molecule has 0 bridgehead atoms. The van der Waals surface area contributed by atoms with E-state index in [9.17, 15) is 4.79 Å². The van der Waals surface area contributed by atoms with Gasteiger partial charge in [-0.1, -0.05) is 83.6 Å². The van der Waals surface area contributed by atoms with Crippen LogP contribution in [-0.4, -0.2) is 23.8 Å². The third-order valence-electron chi connectivity index (χ3n) is 6.44. The molecule has 38 heavy (non-hydrogen) atoms. The molecule has 0 spiro atoms. The molecule has 1 heterocycles. The van der Waals surface area contributed by atoms with Crippen molar-refractivity contribution in [3.63, 3.8) is 0 Å². The minimum absolute atomic E-state index is 0.401. The van der Waals surface area contributed by atoms with E-state index < -0.39 is 5.97 Å². The SMILES string of the molecule is CCCCCCCCCCCCCCOc1ccc(C(=O)Oc2ccc(N=Cc3ccccn3)cc2)cc1. The molecule has 0 N–H and O–H groups in total. The molecule has 3 rings (SSSR count). The Bertz CT molecular complexity index is 1060. The number of carbonyl (C=O) groups is 1. The highest BCUT2D eigenvalue weighted by atomic mass is 16.5. The normalized spacial score (nSPS) is 11.1. The Morgan fingerprint density at radius 3 is 1.95 bits per heavy atom. The van der Waals surface area contributed by atoms with Crippen LogP contribution >= 0.6 is 0 Å². The van der Waals surface area contributed by atoms with Crippen LogP contribution in [0.25, 0.3) is 0 Å². The summed E-state index contributed by atoms with van der Waals surface area (Å²) in [6.07, 6.45) is 19.3. The predicted octanol–water partition coefficient (Wildman–Crippen LogP) is 9.13. The number of benzene rings is 2. The molecule has 5 nitrogen and oxygen atoms in total. The fourth-order valence-electron chi connectivity index (χ4n) is 4.18. The van der Waals surface area contributed by atoms with Crippen LogP contribution in [0, 0.1) is 0 Å². The lowest BCUT2D eigenvalue weighted by atomic mass is 10.1. The van der Waals surface area contributed by atoms with Crippen molar-refractivity contribution < 1.29 is 14.3 Å². The fraction of sp³-hybridized carbons (Fsp3) is 0.424. The van der Waals surface area contributed by atoms with Crippen molar-refractivity contribution in [2.24, 2.45) is 4.99 Å². The number of aliphatic imine (C=N–C) groups is 1. The summed E-state index contributed by atoms with van der Waals surface area (Å²) in [5.41, 5.74) is 2.02. The van der Waals surface area contributed by atoms with Gasteiger partial charge < -0.3 is 9.47 Å². The maximum absolute atomic E-state index is 12.5. The Kier molecular flexibility index (Phi) is 13.7. The van der Waals surface area contributed by atoms with Gasteiger partial charge in [-0.15, -0.1) is 0 Å². The molecule has 1 aromatic heterocycles. The van der Waals surface area contributed by atoms with Crippen LogP contribution in [0.2, 0.25) is 0 Å². The van der Waals surface area contributed by atoms with E-state index in [1.807, 2.05) is 30.3 Å². The third-order valence-corrected chi connectivity index (χ3v) is 6.44. The smallest absolute Gasteiger partial charge is 0.343 e. The van der Waals surface area contributed by atoms with Crippen LogP contribution in [0.15, 0.2) is 77.9 Å². The van der Waals surface area contributed by atoms with Gasteiger partial charge in [0.1, 0.15) is 11.5 Å². The molecule has 0 unspecified atom stereocenters. The van der Waals surface area contributed by atoms with Crippen LogP contribution in [-0.2, 0) is 0 Å². The molecule has 5 heteroatoms. The van der Waals surface area contributed by atoms with Gasteiger partial charge in [0.05, 0.1) is 29.8 Å². The zero-order valence-corrected chi connectivity index (χ0v) is 22.8. The molecular weight excluding hydrogens is 472 g/mol. The molecule has 0 aliphatic carbocycles. The van der Waals surface area contributed by atoms with E-state index in [4.69, 9.17) is 9.47 Å². The molecule has 0 aliphatic rings. The summed E-state index contributed by atoms with van der Waals surface area (Å²) in [5.74, 6) is 0.848. The van der Waals surface area contributed by atoms with Crippen LogP contribution < -0.4 is 9.47 Å². The largest absolute Gasteiger partial charge is 0.494 e. The standard InChI is InChI=1S/C33H42N2O3/c1-2-3-4-5-6-7-8-9-10-11-12-15-26-37-31-21-17-28(18-22-31)33(36)38-32-23-19-29(20-24-32)35-27-30-16-13-14-25-34-30/h13-14,16-25,27H,2-12,15,26H2,1H3. The highest BCUT2D eigenvalue weighted by Crippen LogP contribution is 2.20. The molecule has 0 radical (unpaired) electrons. The number of unbranched alkanes of at least 4 members (excludes halogenated alkanes) is 11. The lowest BCUT2D eigenvalue weighted by molar-refractivity contribution is 0.0734. The van der Waals surface area contributed by atoms with E-state index in [2.05, 4.69) is 16.9 Å². The summed E-state index contributed by atoms with van der Waals surface area (Å²) >= 11 is 0. The first kappa shape index (κ1) is 29.1. The van der Waals surface area contributed by atoms with Gasteiger partial charge in [-0.3, -0.25) is 9.98 Å². The van der Waals surface area contributed by atoms with Crippen molar-refractivity contribution in [2.75, 3.05) is 6.61 Å². The average molecular weight is 515 g/mol. The maximum atomic E-state index is 12.5. The maximum Gasteiger partial charge on any atom is 0.343 e. The Balaban J connectivity index is 1.27. The Morgan fingerprint density at radius 1 is 0.737 bits per heavy atom. The zero-order valence-electron chi connectivity index (χ0n) is 22.8. The first-order chi connectivity index (χ1) is 18.7. The summed E-state index contributed by atoms with van der Waals surface area (Å²) in [4.78, 5) is 21.1. The number of hydrogen-bond donors (Lipinski definition) is 0. The van der Waals surface area contributed by atoms with Crippen molar-refractivity contribution in [1.82, 2.24) is 4.98 Å². The lowest BCUT2D eigenvalue weighted by Crippen LogP contribution is -2.08. The van der Waals surface area contributed by atoms with Crippen LogP contribution in [0.4, 0.5) is 5.69 Å². The third kappa shape index (κ3) is 11.7. The van der Waals surface area contributed by atoms with Crippen LogP contribution in [0.5, 0.6) is 11.5 Å². The van der Waals surface area contributed by atoms with Gasteiger partial charge in [0.25, 0.3) is 0 Å². The van der Waals surface area contributed by atoms with Crippen molar-refractivity contribution >= 4 is 17.9 Å². The Labute approximate surface area is 228 Å². The van der Waals surface area contributed by atoms with Gasteiger partial charge in [-0.25, -0.2) is 4.79 Å². The molecular formula is C33H42N2O3. The van der Waals surface area contributed by atoms with Gasteiger partial charge in [-0.2, -0.15) is 0 Å². The molecule has 2 aromatic carbocycles. The van der Waals surface area contributed by atoms with E-state index in [0.29, 0.717) is 17.9 Å². The summed E-state index contributed by atoms with van der Waals surface area (Å²) in [5, 5.41) is 0. The number of esters is 1. The Hall–Kier alpha value is -3.47. The molecule has 0 saturated heterocycles. The molecule has 202 valence electrons. The number of carbonyl (C=O) groups excluding carboxylic acids is 1. The number of ether oxygens (including phenoxy) is 2. The average Bonchev–Trinajstić information content (AvgIpc) is 2.96. The molecule has 3 aromatic rings. The second kappa shape index (κ2) is 17.9. The van der Waals surface area contributed by atoms with Crippen molar-refractivity contribution in [3.05, 3.63) is 84.2 Å². The number of aromatic nitrogens is 1. The van der Waals surface area contributed by atoms with E-state index in [0.717, 1.165) is 23.6 Å². The lowest BCUT2D eigenvalue weighted by Gasteiger charge is -2.08. The summed E-state index contributed by atoms with van der Waals surface area (Å²) < 4.78 is 11.3. The minimum Gasteiger partial charge on any atom is -0.494 e.